The minimum Gasteiger partial charge on any atom is -0.359 e. The second kappa shape index (κ2) is 5.01. The molecule has 0 aromatic heterocycles. The molecule has 0 fully saturated rings. The molecule has 1 amide bonds. The lowest BCUT2D eigenvalue weighted by atomic mass is 9.96. The van der Waals surface area contributed by atoms with Gasteiger partial charge < -0.3 is 5.32 Å². The molecule has 1 aromatic rings. The van der Waals surface area contributed by atoms with Crippen LogP contribution in [0.3, 0.4) is 0 Å². The Balaban J connectivity index is 2.89. The van der Waals surface area contributed by atoms with Crippen molar-refractivity contribution < 1.29 is 4.79 Å². The molecule has 0 aliphatic carbocycles. The number of halogens is 1. The highest BCUT2D eigenvalue weighted by Crippen LogP contribution is 2.21. The third-order valence-corrected chi connectivity index (χ3v) is 2.50. The topological polar surface area (TPSA) is 29.1 Å². The van der Waals surface area contributed by atoms with Crippen LogP contribution in [0.25, 0.3) is 0 Å². The van der Waals surface area contributed by atoms with Gasteiger partial charge in [-0.3, -0.25) is 4.79 Å². The van der Waals surface area contributed by atoms with Crippen LogP contribution in [0.5, 0.6) is 0 Å². The van der Waals surface area contributed by atoms with Gasteiger partial charge in [0.15, 0.2) is 0 Å². The lowest BCUT2D eigenvalue weighted by Crippen LogP contribution is -2.25. The SMILES string of the molecule is CCC(C(=O)NC)c1ccc(Cl)cc1. The molecule has 2 nitrogen and oxygen atoms in total. The predicted molar refractivity (Wildman–Crippen MR) is 58.6 cm³/mol. The van der Waals surface area contributed by atoms with Crippen molar-refractivity contribution in [1.29, 1.82) is 0 Å². The van der Waals surface area contributed by atoms with E-state index in [1.165, 1.54) is 0 Å². The summed E-state index contributed by atoms with van der Waals surface area (Å²) >= 11 is 5.77. The Bertz CT molecular complexity index is 308. The molecule has 0 heterocycles. The van der Waals surface area contributed by atoms with E-state index in [-0.39, 0.29) is 11.8 Å². The van der Waals surface area contributed by atoms with Crippen LogP contribution in [-0.4, -0.2) is 13.0 Å². The average Bonchev–Trinajstić information content (AvgIpc) is 2.21. The Kier molecular flexibility index (Phi) is 3.96. The minimum atomic E-state index is -0.0720. The van der Waals surface area contributed by atoms with E-state index in [9.17, 15) is 4.79 Å². The van der Waals surface area contributed by atoms with Gasteiger partial charge in [0.25, 0.3) is 0 Å². The number of hydrogen-bond donors (Lipinski definition) is 1. The molecule has 0 aliphatic heterocycles. The molecular formula is C11H14ClNO. The van der Waals surface area contributed by atoms with Crippen molar-refractivity contribution >= 4 is 17.5 Å². The largest absolute Gasteiger partial charge is 0.359 e. The normalized spacial score (nSPS) is 12.2. The smallest absolute Gasteiger partial charge is 0.227 e. The summed E-state index contributed by atoms with van der Waals surface area (Å²) in [5.41, 5.74) is 1.01. The van der Waals surface area contributed by atoms with Crippen molar-refractivity contribution in [2.75, 3.05) is 7.05 Å². The van der Waals surface area contributed by atoms with Gasteiger partial charge in [-0.1, -0.05) is 30.7 Å². The van der Waals surface area contributed by atoms with E-state index in [4.69, 9.17) is 11.6 Å². The highest BCUT2D eigenvalue weighted by molar-refractivity contribution is 6.30. The van der Waals surface area contributed by atoms with Gasteiger partial charge in [-0.2, -0.15) is 0 Å². The molecule has 14 heavy (non-hydrogen) atoms. The Morgan fingerprint density at radius 3 is 2.43 bits per heavy atom. The van der Waals surface area contributed by atoms with Crippen LogP contribution in [0.4, 0.5) is 0 Å². The van der Waals surface area contributed by atoms with E-state index in [0.29, 0.717) is 5.02 Å². The molecule has 0 spiro atoms. The summed E-state index contributed by atoms with van der Waals surface area (Å²) in [5.74, 6) is -0.0212. The van der Waals surface area contributed by atoms with Crippen molar-refractivity contribution in [1.82, 2.24) is 5.32 Å². The molecule has 1 unspecified atom stereocenters. The van der Waals surface area contributed by atoms with Gasteiger partial charge in [-0.15, -0.1) is 0 Å². The first-order valence-electron chi connectivity index (χ1n) is 4.66. The fourth-order valence-electron chi connectivity index (χ4n) is 1.44. The second-order valence-corrected chi connectivity index (χ2v) is 3.56. The summed E-state index contributed by atoms with van der Waals surface area (Å²) in [5, 5.41) is 3.35. The Morgan fingerprint density at radius 1 is 1.43 bits per heavy atom. The van der Waals surface area contributed by atoms with Crippen molar-refractivity contribution in [3.05, 3.63) is 34.9 Å². The molecule has 1 atom stereocenters. The van der Waals surface area contributed by atoms with E-state index in [0.717, 1.165) is 12.0 Å². The highest BCUT2D eigenvalue weighted by Gasteiger charge is 2.16. The molecule has 0 saturated carbocycles. The third-order valence-electron chi connectivity index (χ3n) is 2.24. The second-order valence-electron chi connectivity index (χ2n) is 3.13. The van der Waals surface area contributed by atoms with Gasteiger partial charge in [-0.25, -0.2) is 0 Å². The molecule has 0 bridgehead atoms. The van der Waals surface area contributed by atoms with E-state index < -0.39 is 0 Å². The number of amides is 1. The minimum absolute atomic E-state index is 0.0508. The first kappa shape index (κ1) is 11.1. The van der Waals surface area contributed by atoms with Crippen LogP contribution in [-0.2, 0) is 4.79 Å². The summed E-state index contributed by atoms with van der Waals surface area (Å²) in [6, 6.07) is 7.41. The summed E-state index contributed by atoms with van der Waals surface area (Å²) in [7, 11) is 1.65. The number of rotatable bonds is 3. The van der Waals surface area contributed by atoms with Crippen molar-refractivity contribution in [3.63, 3.8) is 0 Å². The average molecular weight is 212 g/mol. The van der Waals surface area contributed by atoms with Gasteiger partial charge in [0.1, 0.15) is 0 Å². The summed E-state index contributed by atoms with van der Waals surface area (Å²) < 4.78 is 0. The Labute approximate surface area is 89.3 Å². The number of carbonyl (C=O) groups excluding carboxylic acids is 1. The van der Waals surface area contributed by atoms with Crippen LogP contribution in [0.1, 0.15) is 24.8 Å². The van der Waals surface area contributed by atoms with Crippen LogP contribution in [0.2, 0.25) is 5.02 Å². The van der Waals surface area contributed by atoms with Gasteiger partial charge in [-0.05, 0) is 24.1 Å². The zero-order valence-corrected chi connectivity index (χ0v) is 9.14. The maximum absolute atomic E-state index is 11.5. The maximum atomic E-state index is 11.5. The molecule has 0 radical (unpaired) electrons. The van der Waals surface area contributed by atoms with Crippen molar-refractivity contribution in [2.24, 2.45) is 0 Å². The number of hydrogen-bond acceptors (Lipinski definition) is 1. The third kappa shape index (κ3) is 2.48. The molecule has 3 heteroatoms. The number of likely N-dealkylation sites (N-methyl/N-ethyl adjacent to an activating group) is 1. The zero-order valence-electron chi connectivity index (χ0n) is 8.38. The van der Waals surface area contributed by atoms with Crippen molar-refractivity contribution in [2.45, 2.75) is 19.3 Å². The molecule has 1 rings (SSSR count). The van der Waals surface area contributed by atoms with E-state index in [1.807, 2.05) is 31.2 Å². The first-order valence-corrected chi connectivity index (χ1v) is 5.04. The Hall–Kier alpha value is -1.02. The van der Waals surface area contributed by atoms with Gasteiger partial charge in [0.2, 0.25) is 5.91 Å². The summed E-state index contributed by atoms with van der Waals surface area (Å²) in [6.45, 7) is 1.99. The standard InChI is InChI=1S/C11H14ClNO/c1-3-10(11(14)13-2)8-4-6-9(12)7-5-8/h4-7,10H,3H2,1-2H3,(H,13,14). The van der Waals surface area contributed by atoms with Crippen LogP contribution < -0.4 is 5.32 Å². The number of nitrogens with one attached hydrogen (secondary N) is 1. The maximum Gasteiger partial charge on any atom is 0.227 e. The fraction of sp³-hybridized carbons (Fsp3) is 0.364. The molecule has 0 saturated heterocycles. The fourth-order valence-corrected chi connectivity index (χ4v) is 1.57. The summed E-state index contributed by atoms with van der Waals surface area (Å²) in [6.07, 6.45) is 0.793. The van der Waals surface area contributed by atoms with E-state index in [2.05, 4.69) is 5.32 Å². The van der Waals surface area contributed by atoms with Crippen molar-refractivity contribution in [3.8, 4) is 0 Å². The van der Waals surface area contributed by atoms with Gasteiger partial charge >= 0.3 is 0 Å². The Morgan fingerprint density at radius 2 is 2.00 bits per heavy atom. The monoisotopic (exact) mass is 211 g/mol. The van der Waals surface area contributed by atoms with Crippen LogP contribution in [0.15, 0.2) is 24.3 Å². The molecule has 0 aliphatic rings. The molecule has 1 N–H and O–H groups in total. The van der Waals surface area contributed by atoms with Gasteiger partial charge in [0.05, 0.1) is 5.92 Å². The molecule has 1 aromatic carbocycles. The zero-order chi connectivity index (χ0) is 10.6. The van der Waals surface area contributed by atoms with Crippen LogP contribution in [0, 0.1) is 0 Å². The van der Waals surface area contributed by atoms with Crippen LogP contribution >= 0.6 is 11.6 Å². The number of carbonyl (C=O) groups is 1. The molecule has 76 valence electrons. The van der Waals surface area contributed by atoms with E-state index >= 15 is 0 Å². The van der Waals surface area contributed by atoms with E-state index in [1.54, 1.807) is 7.05 Å². The number of benzene rings is 1. The first-order chi connectivity index (χ1) is 6.69. The lowest BCUT2D eigenvalue weighted by molar-refractivity contribution is -0.122. The predicted octanol–water partition coefficient (Wildman–Crippen LogP) is 2.58. The molecular weight excluding hydrogens is 198 g/mol. The quantitative estimate of drug-likeness (QED) is 0.818. The highest BCUT2D eigenvalue weighted by atomic mass is 35.5. The summed E-state index contributed by atoms with van der Waals surface area (Å²) in [4.78, 5) is 11.5. The lowest BCUT2D eigenvalue weighted by Gasteiger charge is -2.13. The van der Waals surface area contributed by atoms with Gasteiger partial charge in [0, 0.05) is 12.1 Å².